The van der Waals surface area contributed by atoms with Crippen LogP contribution in [0.1, 0.15) is 26.2 Å². The summed E-state index contributed by atoms with van der Waals surface area (Å²) in [6.45, 7) is 1.76. The van der Waals surface area contributed by atoms with Gasteiger partial charge in [0.05, 0.1) is 12.2 Å². The Labute approximate surface area is 87.4 Å². The molecule has 2 saturated heterocycles. The summed E-state index contributed by atoms with van der Waals surface area (Å²) in [5.41, 5.74) is 0. The van der Waals surface area contributed by atoms with Gasteiger partial charge in [-0.2, -0.15) is 0 Å². The van der Waals surface area contributed by atoms with Gasteiger partial charge in [0.2, 0.25) is 0 Å². The standard InChI is InChI=1S/C10H14O5/c1-5-2-8-10(15-8)7(12)3-6(11)4-9(13)14-5/h5,7-8,10,12H,2-4H2,1H3/t5-,7+,8+,10-/m1/s1/i1+1,2+1,3+1,4+1,5+1,6+1,7+1,8+1,9+1,10+1. The van der Waals surface area contributed by atoms with Crippen molar-refractivity contribution in [2.45, 2.75) is 50.6 Å². The van der Waals surface area contributed by atoms with E-state index in [0.29, 0.717) is 6.42 Å². The number of carbonyl (C=O) groups excluding carboxylic acids is 2. The van der Waals surface area contributed by atoms with Crippen molar-refractivity contribution >= 4 is 11.8 Å². The number of hydrogen-bond acceptors (Lipinski definition) is 5. The molecule has 2 fully saturated rings. The van der Waals surface area contributed by atoms with E-state index in [0.717, 1.165) is 0 Å². The summed E-state index contributed by atoms with van der Waals surface area (Å²) < 4.78 is 10.2. The normalized spacial score (nSPS) is 41.7. The summed E-state index contributed by atoms with van der Waals surface area (Å²) in [6, 6.07) is 0. The lowest BCUT2D eigenvalue weighted by Gasteiger charge is -2.14. The van der Waals surface area contributed by atoms with Crippen LogP contribution in [0.2, 0.25) is 0 Å². The Balaban J connectivity index is 2.02. The monoisotopic (exact) mass is 224 g/mol. The Morgan fingerprint density at radius 1 is 1.40 bits per heavy atom. The van der Waals surface area contributed by atoms with Gasteiger partial charge >= 0.3 is 5.97 Å². The highest BCUT2D eigenvalue weighted by molar-refractivity contribution is 5.95. The molecule has 2 rings (SSSR count). The minimum atomic E-state index is -0.777. The number of Topliss-reactive ketones (excluding diaryl/α,β-unsaturated/α-hetero) is 1. The molecule has 0 spiro atoms. The van der Waals surface area contributed by atoms with Gasteiger partial charge < -0.3 is 14.6 Å². The lowest BCUT2D eigenvalue weighted by atomic mass is 11.0. The minimum absolute atomic E-state index is 0.0232. The van der Waals surface area contributed by atoms with Crippen LogP contribution in [0.15, 0.2) is 0 Å². The number of rotatable bonds is 0. The first-order valence-electron chi connectivity index (χ1n) is 5.11. The van der Waals surface area contributed by atoms with Gasteiger partial charge in [0, 0.05) is 12.8 Å². The zero-order valence-corrected chi connectivity index (χ0v) is 8.51. The molecule has 4 atom stereocenters. The number of hydrogen-bond donors (Lipinski definition) is 1. The first-order valence-corrected chi connectivity index (χ1v) is 5.11. The Bertz CT molecular complexity index is 288. The van der Waals surface area contributed by atoms with Gasteiger partial charge in [0.25, 0.3) is 0 Å². The first-order chi connectivity index (χ1) is 7.06. The maximum absolute atomic E-state index is 11.3. The van der Waals surface area contributed by atoms with E-state index in [1.54, 1.807) is 6.92 Å². The van der Waals surface area contributed by atoms with E-state index in [1.807, 2.05) is 0 Å². The maximum Gasteiger partial charge on any atom is 0.313 e. The van der Waals surface area contributed by atoms with E-state index in [2.05, 4.69) is 0 Å². The highest BCUT2D eigenvalue weighted by Gasteiger charge is 2.46. The third-order valence-electron chi connectivity index (χ3n) is 2.68. The van der Waals surface area contributed by atoms with Crippen molar-refractivity contribution < 1.29 is 24.2 Å². The van der Waals surface area contributed by atoms with E-state index >= 15 is 0 Å². The average molecular weight is 224 g/mol. The molecule has 0 amide bonds. The second-order valence-corrected chi connectivity index (χ2v) is 4.16. The number of aliphatic hydroxyl groups is 1. The van der Waals surface area contributed by atoms with Crippen molar-refractivity contribution in [2.75, 3.05) is 0 Å². The van der Waals surface area contributed by atoms with Crippen molar-refractivity contribution in [1.29, 1.82) is 0 Å². The molecule has 2 aliphatic rings. The largest absolute Gasteiger partial charge is 0.462 e. The summed E-state index contributed by atoms with van der Waals surface area (Å²) in [6.07, 6.45) is -1.06. The van der Waals surface area contributed by atoms with Crippen LogP contribution in [0.25, 0.3) is 0 Å². The number of esters is 1. The number of ketones is 1. The second kappa shape index (κ2) is 3.90. The molecule has 0 aromatic carbocycles. The Morgan fingerprint density at radius 3 is 2.87 bits per heavy atom. The number of ether oxygens (including phenoxy) is 2. The number of carbonyl (C=O) groups is 2. The molecular weight excluding hydrogens is 210 g/mol. The van der Waals surface area contributed by atoms with Crippen LogP contribution in [0.3, 0.4) is 0 Å². The van der Waals surface area contributed by atoms with Gasteiger partial charge in [0.1, 0.15) is 24.4 Å². The smallest absolute Gasteiger partial charge is 0.313 e. The molecule has 0 radical (unpaired) electrons. The van der Waals surface area contributed by atoms with Crippen molar-refractivity contribution in [3.63, 3.8) is 0 Å². The van der Waals surface area contributed by atoms with Crippen LogP contribution in [-0.2, 0) is 19.1 Å². The predicted octanol–water partition coefficient (Wildman–Crippen LogP) is -0.201. The minimum Gasteiger partial charge on any atom is -0.462 e. The van der Waals surface area contributed by atoms with E-state index < -0.39 is 12.1 Å². The predicted molar refractivity (Wildman–Crippen MR) is 49.1 cm³/mol. The lowest BCUT2D eigenvalue weighted by Crippen LogP contribution is -2.27. The summed E-state index contributed by atoms with van der Waals surface area (Å²) in [4.78, 5) is 22.5. The van der Waals surface area contributed by atoms with E-state index in [1.165, 1.54) is 0 Å². The second-order valence-electron chi connectivity index (χ2n) is 4.16. The molecule has 5 heteroatoms. The SMILES string of the molecule is [13CH3][13C@@H]1[13CH2][13C@@H]2O[13C@@H]2[13C@@H](O)[13CH2][13C](=O)[13CH2][13C](=O)O1. The topological polar surface area (TPSA) is 76.1 Å². The average Bonchev–Trinajstić information content (AvgIpc) is 2.80. The first kappa shape index (κ1) is 10.6. The van der Waals surface area contributed by atoms with Gasteiger partial charge in [-0.1, -0.05) is 0 Å². The molecule has 0 bridgehead atoms. The molecular formula is C10H14O5. The van der Waals surface area contributed by atoms with Crippen LogP contribution in [0.4, 0.5) is 0 Å². The molecule has 2 aliphatic heterocycles. The molecule has 0 aromatic heterocycles. The van der Waals surface area contributed by atoms with Gasteiger partial charge in [-0.15, -0.1) is 0 Å². The summed E-state index contributed by atoms with van der Waals surface area (Å²) in [5, 5.41) is 9.59. The number of aliphatic hydroxyl groups excluding tert-OH is 1. The number of cyclic esters (lactones) is 1. The van der Waals surface area contributed by atoms with Crippen molar-refractivity contribution in [3.8, 4) is 0 Å². The molecule has 0 aliphatic carbocycles. The van der Waals surface area contributed by atoms with E-state index in [4.69, 9.17) is 9.47 Å². The highest BCUT2D eigenvalue weighted by atomic mass is 16.8. The highest BCUT2D eigenvalue weighted by Crippen LogP contribution is 2.32. The molecule has 0 unspecified atom stereocenters. The molecule has 0 aromatic rings. The van der Waals surface area contributed by atoms with Gasteiger partial charge in [-0.05, 0) is 6.92 Å². The van der Waals surface area contributed by atoms with Gasteiger partial charge in [0.15, 0.2) is 0 Å². The van der Waals surface area contributed by atoms with E-state index in [-0.39, 0.29) is 36.9 Å². The number of fused-ring (bicyclic) bond motifs is 1. The molecule has 0 saturated carbocycles. The van der Waals surface area contributed by atoms with Crippen molar-refractivity contribution in [1.82, 2.24) is 0 Å². The van der Waals surface area contributed by atoms with Gasteiger partial charge in [-0.25, -0.2) is 0 Å². The Hall–Kier alpha value is -0.940. The molecule has 15 heavy (non-hydrogen) atoms. The van der Waals surface area contributed by atoms with Crippen LogP contribution in [-0.4, -0.2) is 41.3 Å². The fourth-order valence-electron chi connectivity index (χ4n) is 1.91. The fraction of sp³-hybridized carbons (Fsp3) is 0.800. The quantitative estimate of drug-likeness (QED) is 0.267. The lowest BCUT2D eigenvalue weighted by molar-refractivity contribution is -0.150. The number of epoxide rings is 1. The third kappa shape index (κ3) is 2.54. The van der Waals surface area contributed by atoms with Crippen molar-refractivity contribution in [3.05, 3.63) is 0 Å². The van der Waals surface area contributed by atoms with Crippen LogP contribution in [0.5, 0.6) is 0 Å². The molecule has 5 nitrogen and oxygen atoms in total. The maximum atomic E-state index is 11.3. The molecule has 84 valence electrons. The van der Waals surface area contributed by atoms with Crippen LogP contribution >= 0.6 is 0 Å². The summed E-state index contributed by atoms with van der Waals surface area (Å²) >= 11 is 0. The Kier molecular flexibility index (Phi) is 2.75. The fourth-order valence-corrected chi connectivity index (χ4v) is 1.91. The Morgan fingerprint density at radius 2 is 2.13 bits per heavy atom. The zero-order chi connectivity index (χ0) is 11.0. The third-order valence-corrected chi connectivity index (χ3v) is 2.68. The van der Waals surface area contributed by atoms with Gasteiger partial charge in [-0.3, -0.25) is 9.59 Å². The van der Waals surface area contributed by atoms with Crippen LogP contribution < -0.4 is 0 Å². The van der Waals surface area contributed by atoms with Crippen molar-refractivity contribution in [2.24, 2.45) is 0 Å². The summed E-state index contributed by atoms with van der Waals surface area (Å²) in [5.74, 6) is -0.811. The summed E-state index contributed by atoms with van der Waals surface area (Å²) in [7, 11) is 0. The zero-order valence-electron chi connectivity index (χ0n) is 8.51. The van der Waals surface area contributed by atoms with E-state index in [9.17, 15) is 14.7 Å². The molecule has 1 N–H and O–H groups in total. The molecule has 2 heterocycles. The van der Waals surface area contributed by atoms with Crippen LogP contribution in [0, 0.1) is 0 Å².